The second-order valence-corrected chi connectivity index (χ2v) is 9.40. The molecule has 4 rings (SSSR count). The van der Waals surface area contributed by atoms with Crippen molar-refractivity contribution in [3.05, 3.63) is 51.8 Å². The first-order valence-electron chi connectivity index (χ1n) is 10.4. The van der Waals surface area contributed by atoms with E-state index < -0.39 is 0 Å². The van der Waals surface area contributed by atoms with Crippen LogP contribution in [-0.4, -0.2) is 49.8 Å². The summed E-state index contributed by atoms with van der Waals surface area (Å²) in [6.07, 6.45) is 1.77. The van der Waals surface area contributed by atoms with Crippen LogP contribution in [0.25, 0.3) is 0 Å². The summed E-state index contributed by atoms with van der Waals surface area (Å²) in [5.74, 6) is 1.16. The monoisotopic (exact) mass is 452 g/mol. The molecule has 0 spiro atoms. The van der Waals surface area contributed by atoms with Crippen molar-refractivity contribution < 1.29 is 13.9 Å². The largest absolute Gasteiger partial charge is 0.492 e. The molecule has 4 nitrogen and oxygen atoms in total. The molecule has 0 aromatic heterocycles. The van der Waals surface area contributed by atoms with Gasteiger partial charge < -0.3 is 14.4 Å². The second kappa shape index (κ2) is 8.81. The summed E-state index contributed by atoms with van der Waals surface area (Å²) < 4.78 is 25.0. The zero-order valence-corrected chi connectivity index (χ0v) is 18.9. The van der Waals surface area contributed by atoms with Crippen molar-refractivity contribution in [1.82, 2.24) is 4.90 Å². The van der Waals surface area contributed by atoms with Crippen LogP contribution in [0.3, 0.4) is 0 Å². The Balaban J connectivity index is 1.27. The van der Waals surface area contributed by atoms with Crippen molar-refractivity contribution in [2.75, 3.05) is 44.2 Å². The van der Waals surface area contributed by atoms with E-state index in [0.717, 1.165) is 62.0 Å². The Morgan fingerprint density at radius 3 is 2.60 bits per heavy atom. The topological polar surface area (TPSA) is 24.9 Å². The smallest absolute Gasteiger partial charge is 0.146 e. The molecule has 2 aromatic carbocycles. The van der Waals surface area contributed by atoms with E-state index in [1.165, 1.54) is 17.7 Å². The van der Waals surface area contributed by atoms with Gasteiger partial charge in [-0.05, 0) is 50.6 Å². The van der Waals surface area contributed by atoms with Gasteiger partial charge in [0, 0.05) is 49.7 Å². The van der Waals surface area contributed by atoms with Gasteiger partial charge in [0.2, 0.25) is 0 Å². The molecule has 2 aliphatic heterocycles. The Hall–Kier alpha value is -1.69. The van der Waals surface area contributed by atoms with E-state index in [4.69, 9.17) is 32.7 Å². The lowest BCUT2D eigenvalue weighted by molar-refractivity contribution is 0.138. The van der Waals surface area contributed by atoms with Gasteiger partial charge in [0.25, 0.3) is 0 Å². The Morgan fingerprint density at radius 2 is 1.87 bits per heavy atom. The molecule has 0 unspecified atom stereocenters. The molecule has 2 aromatic rings. The van der Waals surface area contributed by atoms with E-state index in [0.29, 0.717) is 17.4 Å². The van der Waals surface area contributed by atoms with Crippen LogP contribution >= 0.6 is 23.2 Å². The Bertz CT molecular complexity index is 914. The SMILES string of the molecule is CC1(C)Cc2cc(Cl)cc(N3CCN(CCCOc4ccc(F)cc4Cl)CC3)c2O1. The predicted octanol–water partition coefficient (Wildman–Crippen LogP) is 5.44. The highest BCUT2D eigenvalue weighted by atomic mass is 35.5. The van der Waals surface area contributed by atoms with Crippen molar-refractivity contribution in [1.29, 1.82) is 0 Å². The number of benzene rings is 2. The Morgan fingerprint density at radius 1 is 1.10 bits per heavy atom. The number of hydrogen-bond donors (Lipinski definition) is 0. The molecule has 0 saturated carbocycles. The van der Waals surface area contributed by atoms with Gasteiger partial charge in [0.05, 0.1) is 17.3 Å². The lowest BCUT2D eigenvalue weighted by atomic mass is 10.0. The summed E-state index contributed by atoms with van der Waals surface area (Å²) in [5, 5.41) is 1.08. The molecule has 1 saturated heterocycles. The lowest BCUT2D eigenvalue weighted by Crippen LogP contribution is -2.47. The zero-order chi connectivity index (χ0) is 21.3. The number of piperazine rings is 1. The number of rotatable bonds is 6. The van der Waals surface area contributed by atoms with Crippen LogP contribution in [-0.2, 0) is 6.42 Å². The molecule has 0 aliphatic carbocycles. The van der Waals surface area contributed by atoms with Crippen LogP contribution in [0.1, 0.15) is 25.8 Å². The zero-order valence-electron chi connectivity index (χ0n) is 17.4. The quantitative estimate of drug-likeness (QED) is 0.544. The highest BCUT2D eigenvalue weighted by Gasteiger charge is 2.34. The van der Waals surface area contributed by atoms with Gasteiger partial charge in [-0.1, -0.05) is 23.2 Å². The fourth-order valence-electron chi connectivity index (χ4n) is 4.16. The third kappa shape index (κ3) is 4.96. The van der Waals surface area contributed by atoms with Crippen molar-refractivity contribution in [3.63, 3.8) is 0 Å². The van der Waals surface area contributed by atoms with Crippen LogP contribution in [0.5, 0.6) is 11.5 Å². The van der Waals surface area contributed by atoms with Crippen LogP contribution in [0.15, 0.2) is 30.3 Å². The van der Waals surface area contributed by atoms with Gasteiger partial charge in [0.15, 0.2) is 0 Å². The maximum atomic E-state index is 13.1. The average Bonchev–Trinajstić information content (AvgIpc) is 3.00. The summed E-state index contributed by atoms with van der Waals surface area (Å²) in [6, 6.07) is 8.26. The van der Waals surface area contributed by atoms with Gasteiger partial charge >= 0.3 is 0 Å². The highest BCUT2D eigenvalue weighted by molar-refractivity contribution is 6.32. The first-order chi connectivity index (χ1) is 14.3. The van der Waals surface area contributed by atoms with Crippen LogP contribution < -0.4 is 14.4 Å². The van der Waals surface area contributed by atoms with E-state index >= 15 is 0 Å². The van der Waals surface area contributed by atoms with Crippen molar-refractivity contribution >= 4 is 28.9 Å². The standard InChI is InChI=1S/C23H27Cl2FN2O2/c1-23(2)15-16-12-17(24)13-20(22(16)30-23)28-9-7-27(8-10-28)6-3-11-29-21-5-4-18(26)14-19(21)25/h4-5,12-14H,3,6-11,15H2,1-2H3. The second-order valence-electron chi connectivity index (χ2n) is 8.56. The summed E-state index contributed by atoms with van der Waals surface area (Å²) in [7, 11) is 0. The van der Waals surface area contributed by atoms with Crippen molar-refractivity contribution in [3.8, 4) is 11.5 Å². The summed E-state index contributed by atoms with van der Waals surface area (Å²) in [5.41, 5.74) is 2.12. The van der Waals surface area contributed by atoms with E-state index in [-0.39, 0.29) is 11.4 Å². The first-order valence-corrected chi connectivity index (χ1v) is 11.1. The van der Waals surface area contributed by atoms with E-state index in [1.54, 1.807) is 6.07 Å². The molecular weight excluding hydrogens is 426 g/mol. The molecular formula is C23H27Cl2FN2O2. The van der Waals surface area contributed by atoms with E-state index in [2.05, 4.69) is 23.6 Å². The molecule has 2 aliphatic rings. The molecule has 7 heteroatoms. The fraction of sp³-hybridized carbons (Fsp3) is 0.478. The van der Waals surface area contributed by atoms with Gasteiger partial charge in [-0.3, -0.25) is 4.90 Å². The third-order valence-electron chi connectivity index (χ3n) is 5.59. The highest BCUT2D eigenvalue weighted by Crippen LogP contribution is 2.44. The average molecular weight is 453 g/mol. The van der Waals surface area contributed by atoms with Crippen molar-refractivity contribution in [2.24, 2.45) is 0 Å². The van der Waals surface area contributed by atoms with Crippen molar-refractivity contribution in [2.45, 2.75) is 32.3 Å². The summed E-state index contributed by atoms with van der Waals surface area (Å²) >= 11 is 12.4. The molecule has 0 N–H and O–H groups in total. The number of fused-ring (bicyclic) bond motifs is 1. The molecule has 162 valence electrons. The van der Waals surface area contributed by atoms with Gasteiger partial charge in [0.1, 0.15) is 22.9 Å². The summed E-state index contributed by atoms with van der Waals surface area (Å²) in [6.45, 7) is 9.54. The maximum Gasteiger partial charge on any atom is 0.146 e. The Kier molecular flexibility index (Phi) is 6.33. The molecule has 2 heterocycles. The third-order valence-corrected chi connectivity index (χ3v) is 6.10. The minimum atomic E-state index is -0.357. The molecule has 0 radical (unpaired) electrons. The minimum absolute atomic E-state index is 0.184. The molecule has 1 fully saturated rings. The molecule has 0 amide bonds. The van der Waals surface area contributed by atoms with Crippen LogP contribution in [0.4, 0.5) is 10.1 Å². The number of nitrogens with zero attached hydrogens (tertiary/aromatic N) is 2. The van der Waals surface area contributed by atoms with Crippen LogP contribution in [0.2, 0.25) is 10.0 Å². The first kappa shape index (κ1) is 21.5. The van der Waals surface area contributed by atoms with Crippen LogP contribution in [0, 0.1) is 5.82 Å². The van der Waals surface area contributed by atoms with E-state index in [9.17, 15) is 4.39 Å². The maximum absolute atomic E-state index is 13.1. The summed E-state index contributed by atoms with van der Waals surface area (Å²) in [4.78, 5) is 4.80. The lowest BCUT2D eigenvalue weighted by Gasteiger charge is -2.37. The van der Waals surface area contributed by atoms with E-state index in [1.807, 2.05) is 12.1 Å². The molecule has 0 bridgehead atoms. The normalized spacial score (nSPS) is 18.2. The Labute approximate surface area is 187 Å². The molecule has 0 atom stereocenters. The van der Waals surface area contributed by atoms with Gasteiger partial charge in [-0.25, -0.2) is 4.39 Å². The van der Waals surface area contributed by atoms with Gasteiger partial charge in [-0.2, -0.15) is 0 Å². The predicted molar refractivity (Wildman–Crippen MR) is 120 cm³/mol. The number of hydrogen-bond acceptors (Lipinski definition) is 4. The fourth-order valence-corrected chi connectivity index (χ4v) is 4.62. The minimum Gasteiger partial charge on any atom is -0.492 e. The van der Waals surface area contributed by atoms with Gasteiger partial charge in [-0.15, -0.1) is 0 Å². The number of ether oxygens (including phenoxy) is 2. The number of anilines is 1. The number of halogens is 3. The molecule has 30 heavy (non-hydrogen) atoms.